The summed E-state index contributed by atoms with van der Waals surface area (Å²) in [5.41, 5.74) is 16.4. The van der Waals surface area contributed by atoms with Gasteiger partial charge in [-0.3, -0.25) is 38.6 Å². The number of hydrogen-bond acceptors (Lipinski definition) is 10. The van der Waals surface area contributed by atoms with E-state index in [9.17, 15) is 48.6 Å². The number of nitrogens with two attached hydrogens (primary N) is 3. The van der Waals surface area contributed by atoms with E-state index in [1.165, 1.54) is 0 Å². The largest absolute Gasteiger partial charge is 0.481 e. The molecule has 20 nitrogen and oxygen atoms in total. The third kappa shape index (κ3) is 21.2. The first-order valence-electron chi connectivity index (χ1n) is 17.5. The fourth-order valence-electron chi connectivity index (χ4n) is 5.06. The molecule has 20 heteroatoms. The zero-order valence-electron chi connectivity index (χ0n) is 31.3. The Morgan fingerprint density at radius 1 is 0.547 bits per heavy atom. The molecule has 0 saturated carbocycles. The smallest absolute Gasteiger partial charge is 0.326 e. The predicted octanol–water partition coefficient (Wildman–Crippen LogP) is -1.65. The summed E-state index contributed by atoms with van der Waals surface area (Å²) in [5.74, 6) is -8.89. The summed E-state index contributed by atoms with van der Waals surface area (Å²) in [6.07, 6.45) is -1.29. The highest BCUT2D eigenvalue weighted by Gasteiger charge is 2.34. The van der Waals surface area contributed by atoms with Crippen molar-refractivity contribution < 1.29 is 53.7 Å². The monoisotopic (exact) mass is 757 g/mol. The second-order valence-electron chi connectivity index (χ2n) is 14.1. The van der Waals surface area contributed by atoms with Crippen molar-refractivity contribution in [3.05, 3.63) is 0 Å². The molecule has 0 rings (SSSR count). The number of aliphatic carboxylic acids is 3. The van der Waals surface area contributed by atoms with Crippen molar-refractivity contribution in [1.29, 1.82) is 0 Å². The number of guanidine groups is 1. The van der Waals surface area contributed by atoms with Gasteiger partial charge in [-0.05, 0) is 56.3 Å². The van der Waals surface area contributed by atoms with Crippen molar-refractivity contribution in [3.8, 4) is 0 Å². The van der Waals surface area contributed by atoms with Gasteiger partial charge in [0.2, 0.25) is 29.5 Å². The topological polar surface area (TPSA) is 348 Å². The van der Waals surface area contributed by atoms with Gasteiger partial charge in [-0.15, -0.1) is 0 Å². The third-order valence-corrected chi connectivity index (χ3v) is 7.59. The van der Waals surface area contributed by atoms with Gasteiger partial charge in [0, 0.05) is 13.0 Å². The second-order valence-corrected chi connectivity index (χ2v) is 14.1. The molecule has 53 heavy (non-hydrogen) atoms. The summed E-state index contributed by atoms with van der Waals surface area (Å²) in [7, 11) is 0. The lowest BCUT2D eigenvalue weighted by atomic mass is 10.00. The molecule has 0 aromatic heterocycles. The zero-order valence-corrected chi connectivity index (χ0v) is 31.3. The summed E-state index contributed by atoms with van der Waals surface area (Å²) in [6, 6.07) is -8.08. The molecule has 0 bridgehead atoms. The molecule has 0 fully saturated rings. The molecule has 14 N–H and O–H groups in total. The SMILES string of the molecule is CC(C)CC(NC(=O)C(CCCN=C(N)N)NC(=O)C(CC(C)C)NC(=O)C(CCC(=O)O)NC(=O)C(CC(C)C)NC(=O)C(N)CC(=O)O)C(=O)O. The maximum Gasteiger partial charge on any atom is 0.326 e. The van der Waals surface area contributed by atoms with Crippen LogP contribution in [0.1, 0.15) is 92.9 Å². The first-order valence-corrected chi connectivity index (χ1v) is 17.5. The van der Waals surface area contributed by atoms with Crippen LogP contribution in [0.5, 0.6) is 0 Å². The van der Waals surface area contributed by atoms with Crippen molar-refractivity contribution in [2.24, 2.45) is 39.9 Å². The molecule has 0 heterocycles. The van der Waals surface area contributed by atoms with E-state index in [1.807, 2.05) is 0 Å². The molecule has 6 atom stereocenters. The van der Waals surface area contributed by atoms with E-state index in [4.69, 9.17) is 22.3 Å². The third-order valence-electron chi connectivity index (χ3n) is 7.59. The van der Waals surface area contributed by atoms with Gasteiger partial charge in [0.1, 0.15) is 30.2 Å². The summed E-state index contributed by atoms with van der Waals surface area (Å²) in [4.78, 5) is 105. The maximum atomic E-state index is 13.7. The van der Waals surface area contributed by atoms with Crippen LogP contribution < -0.4 is 43.8 Å². The molecule has 0 aromatic carbocycles. The summed E-state index contributed by atoms with van der Waals surface area (Å²) < 4.78 is 0. The van der Waals surface area contributed by atoms with Crippen LogP contribution in [-0.2, 0) is 38.4 Å². The molecule has 0 saturated heterocycles. The Morgan fingerprint density at radius 3 is 1.32 bits per heavy atom. The van der Waals surface area contributed by atoms with Crippen LogP contribution >= 0.6 is 0 Å². The highest BCUT2D eigenvalue weighted by atomic mass is 16.4. The Hall–Kier alpha value is -5.01. The first-order chi connectivity index (χ1) is 24.5. The van der Waals surface area contributed by atoms with Gasteiger partial charge >= 0.3 is 17.9 Å². The molecule has 0 radical (unpaired) electrons. The lowest BCUT2D eigenvalue weighted by molar-refractivity contribution is -0.143. The van der Waals surface area contributed by atoms with Crippen LogP contribution in [0.2, 0.25) is 0 Å². The van der Waals surface area contributed by atoms with Gasteiger partial charge in [-0.2, -0.15) is 0 Å². The molecular weight excluding hydrogens is 698 g/mol. The number of carboxylic acids is 3. The van der Waals surface area contributed by atoms with E-state index >= 15 is 0 Å². The maximum absolute atomic E-state index is 13.7. The first kappa shape index (κ1) is 48.0. The van der Waals surface area contributed by atoms with E-state index < -0.39 is 103 Å². The van der Waals surface area contributed by atoms with Crippen molar-refractivity contribution >= 4 is 53.4 Å². The molecule has 0 aromatic rings. The van der Waals surface area contributed by atoms with Crippen molar-refractivity contribution in [3.63, 3.8) is 0 Å². The van der Waals surface area contributed by atoms with Crippen molar-refractivity contribution in [2.45, 2.75) is 129 Å². The van der Waals surface area contributed by atoms with Gasteiger partial charge < -0.3 is 59.1 Å². The van der Waals surface area contributed by atoms with Crippen LogP contribution in [0.25, 0.3) is 0 Å². The molecular formula is C33H59N9O11. The molecule has 5 amide bonds. The van der Waals surface area contributed by atoms with Gasteiger partial charge in [0.05, 0.1) is 12.5 Å². The minimum absolute atomic E-state index is 0.0128. The minimum Gasteiger partial charge on any atom is -0.481 e. The van der Waals surface area contributed by atoms with Crippen LogP contribution in [0.3, 0.4) is 0 Å². The Balaban J connectivity index is 6.34. The molecule has 0 spiro atoms. The fourth-order valence-corrected chi connectivity index (χ4v) is 5.06. The lowest BCUT2D eigenvalue weighted by Gasteiger charge is -2.28. The highest BCUT2D eigenvalue weighted by molar-refractivity contribution is 5.96. The van der Waals surface area contributed by atoms with Crippen molar-refractivity contribution in [2.75, 3.05) is 6.54 Å². The lowest BCUT2D eigenvalue weighted by Crippen LogP contribution is -2.59. The van der Waals surface area contributed by atoms with Crippen LogP contribution in [-0.4, -0.2) is 112 Å². The summed E-state index contributed by atoms with van der Waals surface area (Å²) >= 11 is 0. The number of amides is 5. The van der Waals surface area contributed by atoms with Gasteiger partial charge in [0.15, 0.2) is 5.96 Å². The Kier molecular flexibility index (Phi) is 22.0. The van der Waals surface area contributed by atoms with Crippen LogP contribution in [0.15, 0.2) is 4.99 Å². The molecule has 0 aliphatic heterocycles. The fraction of sp³-hybridized carbons (Fsp3) is 0.727. The van der Waals surface area contributed by atoms with Crippen LogP contribution in [0, 0.1) is 17.8 Å². The minimum atomic E-state index is -1.51. The Morgan fingerprint density at radius 2 is 0.925 bits per heavy atom. The number of carboxylic acid groups (broad SMARTS) is 3. The number of nitrogens with one attached hydrogen (secondary N) is 5. The molecule has 0 aliphatic rings. The average molecular weight is 758 g/mol. The standard InChI is InChI=1S/C33H59N9O11/c1-16(2)12-22(40-27(47)19(34)15-26(45)46)30(50)39-21(9-10-25(43)44)29(49)41-23(13-17(3)4)31(51)38-20(8-7-11-37-33(35)36)28(48)42-24(32(52)53)14-18(5)6/h16-24H,7-15,34H2,1-6H3,(H,38,51)(H,39,50)(H,40,47)(H,41,49)(H,42,48)(H,43,44)(H,45,46)(H,52,53)(H4,35,36,37). The average Bonchev–Trinajstić information content (AvgIpc) is 3.01. The van der Waals surface area contributed by atoms with Gasteiger partial charge in [0.25, 0.3) is 0 Å². The van der Waals surface area contributed by atoms with E-state index in [2.05, 4.69) is 31.6 Å². The number of carbonyl (C=O) groups is 8. The normalized spacial score (nSPS) is 14.5. The predicted molar refractivity (Wildman–Crippen MR) is 193 cm³/mol. The Labute approximate surface area is 309 Å². The molecule has 6 unspecified atom stereocenters. The van der Waals surface area contributed by atoms with Gasteiger partial charge in [-0.1, -0.05) is 41.5 Å². The Bertz CT molecular complexity index is 1300. The molecule has 302 valence electrons. The van der Waals surface area contributed by atoms with E-state index in [1.54, 1.807) is 41.5 Å². The van der Waals surface area contributed by atoms with Crippen LogP contribution in [0.4, 0.5) is 0 Å². The highest BCUT2D eigenvalue weighted by Crippen LogP contribution is 2.12. The summed E-state index contributed by atoms with van der Waals surface area (Å²) in [6.45, 7) is 10.7. The number of nitrogens with zero attached hydrogens (tertiary/aromatic N) is 1. The van der Waals surface area contributed by atoms with E-state index in [0.29, 0.717) is 0 Å². The van der Waals surface area contributed by atoms with Gasteiger partial charge in [-0.25, -0.2) is 4.79 Å². The second kappa shape index (κ2) is 24.3. The number of rotatable bonds is 26. The zero-order chi connectivity index (χ0) is 41.0. The number of hydrogen-bond donors (Lipinski definition) is 11. The number of aliphatic imine (C=N–C) groups is 1. The number of carbonyl (C=O) groups excluding carboxylic acids is 5. The summed E-state index contributed by atoms with van der Waals surface area (Å²) in [5, 5.41) is 40.4. The van der Waals surface area contributed by atoms with E-state index in [-0.39, 0.29) is 62.4 Å². The molecule has 0 aliphatic carbocycles. The quantitative estimate of drug-likeness (QED) is 0.0268. The van der Waals surface area contributed by atoms with Crippen molar-refractivity contribution in [1.82, 2.24) is 26.6 Å². The van der Waals surface area contributed by atoms with E-state index in [0.717, 1.165) is 0 Å².